The van der Waals surface area contributed by atoms with E-state index in [4.69, 9.17) is 4.84 Å². The zero-order valence-corrected chi connectivity index (χ0v) is 11.7. The highest BCUT2D eigenvalue weighted by Gasteiger charge is 2.33. The normalized spacial score (nSPS) is 24.1. The fraction of sp³-hybridized carbons (Fsp3) is 0.471. The first-order valence-corrected chi connectivity index (χ1v) is 7.54. The van der Waals surface area contributed by atoms with Crippen molar-refractivity contribution in [3.05, 3.63) is 48.0 Å². The van der Waals surface area contributed by atoms with E-state index in [0.29, 0.717) is 6.42 Å². The summed E-state index contributed by atoms with van der Waals surface area (Å²) >= 11 is 0. The number of hydroxylamine groups is 2. The Balaban J connectivity index is 1.41. The molecule has 3 aliphatic rings. The molecular weight excluding hydrogens is 250 g/mol. The molecule has 1 fully saturated rings. The van der Waals surface area contributed by atoms with Gasteiger partial charge in [-0.05, 0) is 37.7 Å². The third-order valence-corrected chi connectivity index (χ3v) is 4.04. The van der Waals surface area contributed by atoms with Crippen LogP contribution in [0.4, 0.5) is 0 Å². The summed E-state index contributed by atoms with van der Waals surface area (Å²) in [6, 6.07) is 10.6. The first kappa shape index (κ1) is 13.4. The van der Waals surface area contributed by atoms with E-state index in [0.717, 1.165) is 32.1 Å². The minimum absolute atomic E-state index is 0.119. The molecule has 2 atom stereocenters. The molecule has 2 aliphatic heterocycles. The fourth-order valence-electron chi connectivity index (χ4n) is 2.89. The van der Waals surface area contributed by atoms with Crippen molar-refractivity contribution in [2.45, 2.75) is 50.7 Å². The van der Waals surface area contributed by atoms with E-state index in [-0.39, 0.29) is 18.1 Å². The van der Waals surface area contributed by atoms with Gasteiger partial charge < -0.3 is 0 Å². The van der Waals surface area contributed by atoms with E-state index in [1.54, 1.807) is 5.06 Å². The molecule has 20 heavy (non-hydrogen) atoms. The maximum atomic E-state index is 12.2. The number of aryl methyl sites for hydroxylation is 1. The smallest absolute Gasteiger partial charge is 0.246 e. The molecule has 3 heteroatoms. The Labute approximate surface area is 120 Å². The molecule has 1 aliphatic carbocycles. The minimum atomic E-state index is 0.119. The highest BCUT2D eigenvalue weighted by Crippen LogP contribution is 2.28. The third-order valence-electron chi connectivity index (χ3n) is 4.04. The Hall–Kier alpha value is -1.61. The Morgan fingerprint density at radius 1 is 1.15 bits per heavy atom. The largest absolute Gasteiger partial charge is 0.273 e. The highest BCUT2D eigenvalue weighted by atomic mass is 16.7. The summed E-state index contributed by atoms with van der Waals surface area (Å²) in [5.74, 6) is 0.136. The van der Waals surface area contributed by atoms with Gasteiger partial charge in [-0.3, -0.25) is 9.63 Å². The van der Waals surface area contributed by atoms with Crippen LogP contribution in [0.15, 0.2) is 42.5 Å². The number of hydrogen-bond acceptors (Lipinski definition) is 2. The molecule has 0 radical (unpaired) electrons. The molecule has 106 valence electrons. The van der Waals surface area contributed by atoms with E-state index in [9.17, 15) is 4.79 Å². The second kappa shape index (κ2) is 6.23. The average molecular weight is 271 g/mol. The van der Waals surface area contributed by atoms with Crippen LogP contribution in [0.2, 0.25) is 0 Å². The summed E-state index contributed by atoms with van der Waals surface area (Å²) in [5, 5.41) is 1.61. The SMILES string of the molecule is O=C(CCCCc1ccccc1)N1OC2C=CC1CC2. The van der Waals surface area contributed by atoms with Crippen LogP contribution >= 0.6 is 0 Å². The van der Waals surface area contributed by atoms with Gasteiger partial charge in [0, 0.05) is 6.42 Å². The standard InChI is InChI=1S/C17H21NO2/c19-17(18-15-10-12-16(20-18)13-11-15)9-5-4-8-14-6-2-1-3-7-14/h1-3,6-7,10,12,15-16H,4-5,8-9,11,13H2. The van der Waals surface area contributed by atoms with Gasteiger partial charge in [0.2, 0.25) is 5.91 Å². The molecule has 1 amide bonds. The zero-order valence-electron chi connectivity index (χ0n) is 11.7. The number of hydrogen-bond donors (Lipinski definition) is 0. The van der Waals surface area contributed by atoms with Gasteiger partial charge in [0.15, 0.2) is 0 Å². The predicted molar refractivity (Wildman–Crippen MR) is 77.9 cm³/mol. The molecular formula is C17H21NO2. The number of carbonyl (C=O) groups is 1. The summed E-state index contributed by atoms with van der Waals surface area (Å²) in [6.45, 7) is 0. The van der Waals surface area contributed by atoms with Gasteiger partial charge in [0.25, 0.3) is 0 Å². The monoisotopic (exact) mass is 271 g/mol. The number of benzene rings is 1. The van der Waals surface area contributed by atoms with Crippen molar-refractivity contribution < 1.29 is 9.63 Å². The van der Waals surface area contributed by atoms with Gasteiger partial charge in [0.1, 0.15) is 6.10 Å². The van der Waals surface area contributed by atoms with E-state index in [2.05, 4.69) is 36.4 Å². The zero-order chi connectivity index (χ0) is 13.8. The van der Waals surface area contributed by atoms with Crippen LogP contribution in [0, 0.1) is 0 Å². The van der Waals surface area contributed by atoms with Gasteiger partial charge in [-0.15, -0.1) is 0 Å². The molecule has 4 rings (SSSR count). The molecule has 2 bridgehead atoms. The summed E-state index contributed by atoms with van der Waals surface area (Å²) in [6.07, 6.45) is 9.99. The first-order valence-electron chi connectivity index (χ1n) is 7.54. The summed E-state index contributed by atoms with van der Waals surface area (Å²) in [7, 11) is 0. The molecule has 1 aromatic carbocycles. The lowest BCUT2D eigenvalue weighted by molar-refractivity contribution is -0.230. The molecule has 3 nitrogen and oxygen atoms in total. The molecule has 1 saturated heterocycles. The quantitative estimate of drug-likeness (QED) is 0.607. The van der Waals surface area contributed by atoms with Crippen molar-refractivity contribution in [3.63, 3.8) is 0 Å². The summed E-state index contributed by atoms with van der Waals surface area (Å²) in [5.41, 5.74) is 1.34. The van der Waals surface area contributed by atoms with Crippen LogP contribution in [0.5, 0.6) is 0 Å². The maximum absolute atomic E-state index is 12.2. The summed E-state index contributed by atoms with van der Waals surface area (Å²) in [4.78, 5) is 17.8. The van der Waals surface area contributed by atoms with Crippen LogP contribution in [0.25, 0.3) is 0 Å². The summed E-state index contributed by atoms with van der Waals surface area (Å²) < 4.78 is 0. The van der Waals surface area contributed by atoms with Crippen molar-refractivity contribution in [2.75, 3.05) is 0 Å². The van der Waals surface area contributed by atoms with E-state index >= 15 is 0 Å². The second-order valence-electron chi connectivity index (χ2n) is 5.59. The van der Waals surface area contributed by atoms with Crippen molar-refractivity contribution in [1.29, 1.82) is 0 Å². The van der Waals surface area contributed by atoms with Crippen molar-refractivity contribution in [3.8, 4) is 0 Å². The number of unbranched alkanes of at least 4 members (excludes halogenated alkanes) is 1. The number of nitrogens with zero attached hydrogens (tertiary/aromatic N) is 1. The van der Waals surface area contributed by atoms with Crippen LogP contribution in [0.1, 0.15) is 37.7 Å². The lowest BCUT2D eigenvalue weighted by Crippen LogP contribution is -2.48. The van der Waals surface area contributed by atoms with Gasteiger partial charge in [-0.2, -0.15) is 0 Å². The molecule has 2 unspecified atom stereocenters. The minimum Gasteiger partial charge on any atom is -0.273 e. The lowest BCUT2D eigenvalue weighted by atomic mass is 9.98. The lowest BCUT2D eigenvalue weighted by Gasteiger charge is -2.40. The van der Waals surface area contributed by atoms with E-state index in [1.807, 2.05) is 6.07 Å². The molecule has 0 spiro atoms. The Morgan fingerprint density at radius 2 is 2.00 bits per heavy atom. The maximum Gasteiger partial charge on any atom is 0.246 e. The molecule has 0 saturated carbocycles. The molecule has 2 heterocycles. The van der Waals surface area contributed by atoms with Crippen molar-refractivity contribution >= 4 is 5.91 Å². The van der Waals surface area contributed by atoms with Gasteiger partial charge >= 0.3 is 0 Å². The third kappa shape index (κ3) is 3.10. The number of rotatable bonds is 5. The van der Waals surface area contributed by atoms with Crippen molar-refractivity contribution in [1.82, 2.24) is 5.06 Å². The van der Waals surface area contributed by atoms with Gasteiger partial charge in [-0.1, -0.05) is 42.5 Å². The molecule has 0 N–H and O–H groups in total. The van der Waals surface area contributed by atoms with E-state index < -0.39 is 0 Å². The molecule has 1 aromatic rings. The average Bonchev–Trinajstić information content (AvgIpc) is 2.53. The predicted octanol–water partition coefficient (Wildman–Crippen LogP) is 3.26. The number of carbonyl (C=O) groups excluding carboxylic acids is 1. The first-order chi connectivity index (χ1) is 9.83. The van der Waals surface area contributed by atoms with Crippen molar-refractivity contribution in [2.24, 2.45) is 0 Å². The van der Waals surface area contributed by atoms with E-state index in [1.165, 1.54) is 5.56 Å². The van der Waals surface area contributed by atoms with Crippen LogP contribution in [-0.4, -0.2) is 23.1 Å². The number of fused-ring (bicyclic) bond motifs is 2. The topological polar surface area (TPSA) is 29.5 Å². The highest BCUT2D eigenvalue weighted by molar-refractivity contribution is 5.75. The Bertz CT molecular complexity index is 483. The van der Waals surface area contributed by atoms with Gasteiger partial charge in [-0.25, -0.2) is 5.06 Å². The van der Waals surface area contributed by atoms with Crippen LogP contribution < -0.4 is 0 Å². The second-order valence-corrected chi connectivity index (χ2v) is 5.59. The Kier molecular flexibility index (Phi) is 4.16. The van der Waals surface area contributed by atoms with Crippen LogP contribution in [0.3, 0.4) is 0 Å². The van der Waals surface area contributed by atoms with Gasteiger partial charge in [0.05, 0.1) is 6.04 Å². The fourth-order valence-corrected chi connectivity index (χ4v) is 2.89. The van der Waals surface area contributed by atoms with Crippen LogP contribution in [-0.2, 0) is 16.1 Å². The molecule has 0 aromatic heterocycles. The number of amides is 1. The Morgan fingerprint density at radius 3 is 2.65 bits per heavy atom.